The monoisotopic (exact) mass is 412 g/mol. The highest BCUT2D eigenvalue weighted by Gasteiger charge is 2.42. The lowest BCUT2D eigenvalue weighted by molar-refractivity contribution is -0.0289. The highest BCUT2D eigenvalue weighted by Crippen LogP contribution is 2.40. The molecule has 1 aromatic rings. The van der Waals surface area contributed by atoms with Gasteiger partial charge in [-0.05, 0) is 59.5 Å². The molecule has 2 aliphatic rings. The molecule has 3 rings (SSSR count). The lowest BCUT2D eigenvalue weighted by Crippen LogP contribution is -2.28. The van der Waals surface area contributed by atoms with Crippen molar-refractivity contribution in [2.45, 2.75) is 89.3 Å². The van der Waals surface area contributed by atoms with Gasteiger partial charge in [0.2, 0.25) is 0 Å². The van der Waals surface area contributed by atoms with E-state index in [1.165, 1.54) is 0 Å². The third kappa shape index (κ3) is 5.98. The number of rotatable bonds is 6. The van der Waals surface area contributed by atoms with Crippen LogP contribution in [0.5, 0.6) is 0 Å². The summed E-state index contributed by atoms with van der Waals surface area (Å²) in [6, 6.07) is 0. The van der Waals surface area contributed by atoms with Gasteiger partial charge in [0.05, 0.1) is 17.7 Å². The molecule has 0 spiro atoms. The summed E-state index contributed by atoms with van der Waals surface area (Å²) >= 11 is 0. The largest absolute Gasteiger partial charge is 0.376 e. The summed E-state index contributed by atoms with van der Waals surface area (Å²) in [6.45, 7) is 7.30. The molecule has 0 aromatic carbocycles. The van der Waals surface area contributed by atoms with Crippen LogP contribution in [0, 0.1) is 0 Å². The Balaban J connectivity index is 1.81. The Morgan fingerprint density at radius 3 is 2.76 bits per heavy atom. The quantitative estimate of drug-likeness (QED) is 0.768. The van der Waals surface area contributed by atoms with E-state index in [-0.39, 0.29) is 18.6 Å². The van der Waals surface area contributed by atoms with E-state index in [1.54, 1.807) is 4.68 Å². The molecule has 5 nitrogen and oxygen atoms in total. The Bertz CT molecular complexity index is 660. The summed E-state index contributed by atoms with van der Waals surface area (Å²) in [5.74, 6) is -2.37. The van der Waals surface area contributed by atoms with E-state index < -0.39 is 5.92 Å². The van der Waals surface area contributed by atoms with Crippen LogP contribution >= 0.6 is 0 Å². The highest BCUT2D eigenvalue weighted by molar-refractivity contribution is 5.33. The molecule has 1 atom stereocenters. The summed E-state index contributed by atoms with van der Waals surface area (Å²) in [5, 5.41) is 7.84. The van der Waals surface area contributed by atoms with Crippen molar-refractivity contribution < 1.29 is 13.5 Å². The second-order valence-electron chi connectivity index (χ2n) is 9.53. The van der Waals surface area contributed by atoms with Crippen LogP contribution in [-0.2, 0) is 24.2 Å². The van der Waals surface area contributed by atoms with E-state index in [4.69, 9.17) is 4.74 Å². The van der Waals surface area contributed by atoms with Crippen LogP contribution in [0.2, 0.25) is 0 Å². The Morgan fingerprint density at radius 1 is 1.24 bits per heavy atom. The minimum Gasteiger partial charge on any atom is -0.376 e. The zero-order valence-corrected chi connectivity index (χ0v) is 18.6. The van der Waals surface area contributed by atoms with Crippen molar-refractivity contribution in [3.63, 3.8) is 0 Å². The van der Waals surface area contributed by atoms with Gasteiger partial charge in [-0.2, -0.15) is 5.10 Å². The number of aromatic nitrogens is 2. The van der Waals surface area contributed by atoms with Crippen molar-refractivity contribution in [2.75, 3.05) is 33.8 Å². The SMILES string of the molecule is CNCCN(C)Cc1nn2c(c1[C@@H]1CCCCC(C)(C)OCCC1)CC(F)(F)C2. The standard InChI is InChI=1S/C22H38F2N4O/c1-21(2)10-6-5-8-17(9-7-13-29-21)20-18(15-27(4)12-11-25-3)26-28-16-22(23,24)14-19(20)28/h17,25H,5-16H2,1-4H3/t17-/m1/s1. The molecule has 0 amide bonds. The van der Waals surface area contributed by atoms with E-state index in [2.05, 4.69) is 36.2 Å². The van der Waals surface area contributed by atoms with Crippen LogP contribution in [0.1, 0.15) is 75.2 Å². The molecule has 1 saturated heterocycles. The van der Waals surface area contributed by atoms with E-state index in [1.807, 2.05) is 7.05 Å². The van der Waals surface area contributed by atoms with Crippen LogP contribution in [-0.4, -0.2) is 60.0 Å². The molecule has 3 heterocycles. The topological polar surface area (TPSA) is 42.3 Å². The van der Waals surface area contributed by atoms with E-state index in [0.717, 1.165) is 75.2 Å². The zero-order chi connectivity index (χ0) is 21.1. The third-order valence-corrected chi connectivity index (χ3v) is 6.32. The fraction of sp³-hybridized carbons (Fsp3) is 0.864. The Labute approximate surface area is 174 Å². The summed E-state index contributed by atoms with van der Waals surface area (Å²) in [4.78, 5) is 2.22. The van der Waals surface area contributed by atoms with Crippen molar-refractivity contribution in [3.05, 3.63) is 17.0 Å². The molecule has 0 bridgehead atoms. The maximum atomic E-state index is 14.1. The van der Waals surface area contributed by atoms with Gasteiger partial charge in [-0.25, -0.2) is 8.78 Å². The van der Waals surface area contributed by atoms with Crippen molar-refractivity contribution in [1.29, 1.82) is 0 Å². The second kappa shape index (κ2) is 9.40. The summed E-state index contributed by atoms with van der Waals surface area (Å²) < 4.78 is 35.9. The first-order valence-electron chi connectivity index (χ1n) is 11.1. The molecule has 0 radical (unpaired) electrons. The first-order chi connectivity index (χ1) is 13.7. The van der Waals surface area contributed by atoms with E-state index in [9.17, 15) is 8.78 Å². The number of likely N-dealkylation sites (N-methyl/N-ethyl adjacent to an activating group) is 2. The lowest BCUT2D eigenvalue weighted by Gasteiger charge is -2.28. The number of alkyl halides is 2. The first-order valence-corrected chi connectivity index (χ1v) is 11.1. The number of ether oxygens (including phenoxy) is 1. The van der Waals surface area contributed by atoms with Crippen molar-refractivity contribution in [2.24, 2.45) is 0 Å². The number of nitrogens with one attached hydrogen (secondary N) is 1. The van der Waals surface area contributed by atoms with Gasteiger partial charge in [0.15, 0.2) is 0 Å². The minimum atomic E-state index is -2.67. The molecule has 1 fully saturated rings. The maximum Gasteiger partial charge on any atom is 0.272 e. The summed E-state index contributed by atoms with van der Waals surface area (Å²) in [7, 11) is 4.01. The molecular weight excluding hydrogens is 374 g/mol. The van der Waals surface area contributed by atoms with Crippen LogP contribution in [0.15, 0.2) is 0 Å². The molecule has 166 valence electrons. The predicted molar refractivity (Wildman–Crippen MR) is 112 cm³/mol. The molecule has 0 saturated carbocycles. The first kappa shape index (κ1) is 22.6. The Morgan fingerprint density at radius 2 is 2.00 bits per heavy atom. The molecule has 1 N–H and O–H groups in total. The normalized spacial score (nSPS) is 24.6. The number of hydrogen-bond acceptors (Lipinski definition) is 4. The zero-order valence-electron chi connectivity index (χ0n) is 18.6. The van der Waals surface area contributed by atoms with Crippen LogP contribution in [0.25, 0.3) is 0 Å². The summed E-state index contributed by atoms with van der Waals surface area (Å²) in [6.07, 6.45) is 6.08. The third-order valence-electron chi connectivity index (χ3n) is 6.32. The maximum absolute atomic E-state index is 14.1. The van der Waals surface area contributed by atoms with Gasteiger partial charge < -0.3 is 10.1 Å². The molecule has 7 heteroatoms. The molecule has 2 aliphatic heterocycles. The Kier molecular flexibility index (Phi) is 7.33. The van der Waals surface area contributed by atoms with Gasteiger partial charge in [-0.1, -0.05) is 12.8 Å². The molecule has 1 aromatic heterocycles. The van der Waals surface area contributed by atoms with Crippen LogP contribution in [0.4, 0.5) is 8.78 Å². The molecular formula is C22H38F2N4O. The number of fused-ring (bicyclic) bond motifs is 1. The molecule has 0 unspecified atom stereocenters. The van der Waals surface area contributed by atoms with E-state index in [0.29, 0.717) is 12.5 Å². The van der Waals surface area contributed by atoms with Crippen molar-refractivity contribution >= 4 is 0 Å². The average Bonchev–Trinajstić information content (AvgIpc) is 3.09. The fourth-order valence-electron chi connectivity index (χ4n) is 4.75. The van der Waals surface area contributed by atoms with Gasteiger partial charge in [0.25, 0.3) is 5.92 Å². The van der Waals surface area contributed by atoms with Gasteiger partial charge in [0, 0.05) is 37.5 Å². The van der Waals surface area contributed by atoms with Crippen molar-refractivity contribution in [3.8, 4) is 0 Å². The molecule has 0 aliphatic carbocycles. The number of halogens is 2. The lowest BCUT2D eigenvalue weighted by atomic mass is 9.85. The van der Waals surface area contributed by atoms with Gasteiger partial charge in [-0.15, -0.1) is 0 Å². The fourth-order valence-corrected chi connectivity index (χ4v) is 4.75. The van der Waals surface area contributed by atoms with Crippen molar-refractivity contribution in [1.82, 2.24) is 20.0 Å². The second-order valence-corrected chi connectivity index (χ2v) is 9.53. The Hall–Kier alpha value is -1.05. The predicted octanol–water partition coefficient (Wildman–Crippen LogP) is 3.96. The summed E-state index contributed by atoms with van der Waals surface area (Å²) in [5.41, 5.74) is 2.82. The minimum absolute atomic E-state index is 0.0605. The number of nitrogens with zero attached hydrogens (tertiary/aromatic N) is 3. The van der Waals surface area contributed by atoms with Gasteiger partial charge >= 0.3 is 0 Å². The van der Waals surface area contributed by atoms with E-state index >= 15 is 0 Å². The number of hydrogen-bond donors (Lipinski definition) is 1. The highest BCUT2D eigenvalue weighted by atomic mass is 19.3. The van der Waals surface area contributed by atoms with Gasteiger partial charge in [-0.3, -0.25) is 9.58 Å². The smallest absolute Gasteiger partial charge is 0.272 e. The van der Waals surface area contributed by atoms with Crippen LogP contribution in [0.3, 0.4) is 0 Å². The van der Waals surface area contributed by atoms with Crippen LogP contribution < -0.4 is 5.32 Å². The molecule has 29 heavy (non-hydrogen) atoms. The van der Waals surface area contributed by atoms with Gasteiger partial charge in [0.1, 0.15) is 6.54 Å². The average molecular weight is 413 g/mol.